The molecule has 9 heteroatoms. The number of thioether (sulfide) groups is 1. The molecule has 5 nitrogen and oxygen atoms in total. The topological polar surface area (TPSA) is 63.2 Å². The van der Waals surface area contributed by atoms with E-state index < -0.39 is 0 Å². The maximum Gasteiger partial charge on any atom is 0.186 e. The van der Waals surface area contributed by atoms with E-state index in [2.05, 4.69) is 43.2 Å². The van der Waals surface area contributed by atoms with Crippen molar-refractivity contribution in [3.8, 4) is 0 Å². The van der Waals surface area contributed by atoms with Crippen LogP contribution in [0, 0.1) is 0 Å². The quantitative estimate of drug-likeness (QED) is 0.612. The van der Waals surface area contributed by atoms with Crippen molar-refractivity contribution in [1.82, 2.24) is 4.90 Å². The monoisotopic (exact) mass is 556 g/mol. The second-order valence-electron chi connectivity index (χ2n) is 5.79. The Labute approximate surface area is 182 Å². The molecule has 2 unspecified atom stereocenters. The molecule has 1 aromatic rings. The molecule has 0 saturated carbocycles. The number of benzene rings is 1. The fourth-order valence-electron chi connectivity index (χ4n) is 2.62. The molecule has 0 aromatic heterocycles. The predicted octanol–water partition coefficient (Wildman–Crippen LogP) is 3.85. The predicted molar refractivity (Wildman–Crippen MR) is 121 cm³/mol. The summed E-state index contributed by atoms with van der Waals surface area (Å²) in [6, 6.07) is 8.34. The number of amidine groups is 1. The van der Waals surface area contributed by atoms with Crippen molar-refractivity contribution in [1.29, 1.82) is 0 Å². The molecule has 2 aliphatic rings. The molecule has 140 valence electrons. The number of hydrogen-bond donors (Lipinski definition) is 1. The summed E-state index contributed by atoms with van der Waals surface area (Å²) in [6.07, 6.45) is 0.878. The molecule has 0 aliphatic carbocycles. The fourth-order valence-corrected chi connectivity index (χ4v) is 4.25. The van der Waals surface area contributed by atoms with E-state index in [0.29, 0.717) is 0 Å². The Morgan fingerprint density at radius 2 is 1.88 bits per heavy atom. The largest absolute Gasteiger partial charge is 0.378 e. The second-order valence-corrected chi connectivity index (χ2v) is 7.88. The summed E-state index contributed by atoms with van der Waals surface area (Å²) < 4.78 is 6.48. The Hall–Kier alpha value is 0.0700. The van der Waals surface area contributed by atoms with Crippen LogP contribution in [0.5, 0.6) is 0 Å². The first kappa shape index (κ1) is 23.1. The third-order valence-electron chi connectivity index (χ3n) is 3.80. The molecule has 0 spiro atoms. The van der Waals surface area contributed by atoms with Gasteiger partial charge < -0.3 is 15.4 Å². The molecule has 2 aliphatic heterocycles. The summed E-state index contributed by atoms with van der Waals surface area (Å²) >= 11 is 5.25. The maximum absolute atomic E-state index is 6.06. The minimum Gasteiger partial charge on any atom is -0.378 e. The van der Waals surface area contributed by atoms with Gasteiger partial charge in [-0.15, -0.1) is 39.1 Å². The van der Waals surface area contributed by atoms with Gasteiger partial charge in [-0.3, -0.25) is 0 Å². The average molecular weight is 559 g/mol. The Balaban J connectivity index is 0.00000156. The molecule has 2 N–H and O–H groups in total. The van der Waals surface area contributed by atoms with Crippen molar-refractivity contribution in [3.05, 3.63) is 34.3 Å². The van der Waals surface area contributed by atoms with E-state index in [0.717, 1.165) is 53.6 Å². The number of rotatable bonds is 3. The number of halogens is 3. The van der Waals surface area contributed by atoms with E-state index >= 15 is 0 Å². The first-order chi connectivity index (χ1) is 11.1. The van der Waals surface area contributed by atoms with Gasteiger partial charge >= 0.3 is 0 Å². The van der Waals surface area contributed by atoms with Crippen LogP contribution in [0.25, 0.3) is 0 Å². The Bertz CT molecular complexity index is 604. The highest BCUT2D eigenvalue weighted by atomic mass is 79.9. The zero-order valence-corrected chi connectivity index (χ0v) is 19.8. The summed E-state index contributed by atoms with van der Waals surface area (Å²) in [5.41, 5.74) is 8.18. The highest BCUT2D eigenvalue weighted by Gasteiger charge is 2.29. The Morgan fingerprint density at radius 3 is 2.48 bits per heavy atom. The van der Waals surface area contributed by atoms with Crippen LogP contribution in [-0.4, -0.2) is 53.4 Å². The zero-order chi connectivity index (χ0) is 16.2. The van der Waals surface area contributed by atoms with Gasteiger partial charge in [0.15, 0.2) is 5.17 Å². The number of hydrogen-bond acceptors (Lipinski definition) is 6. The number of nitrogens with two attached hydrogens (primary N) is 1. The molecular weight excluding hydrogens is 536 g/mol. The smallest absolute Gasteiger partial charge is 0.186 e. The molecule has 2 heterocycles. The van der Waals surface area contributed by atoms with E-state index in [-0.39, 0.29) is 45.3 Å². The summed E-state index contributed by atoms with van der Waals surface area (Å²) in [5, 5.41) is 10.2. The lowest BCUT2D eigenvalue weighted by Crippen LogP contribution is -2.42. The first-order valence-corrected chi connectivity index (χ1v) is 9.47. The van der Waals surface area contributed by atoms with Gasteiger partial charge in [-0.25, -0.2) is 0 Å². The summed E-state index contributed by atoms with van der Waals surface area (Å²) in [4.78, 5) is 2.25. The SMILES string of the molecule is Br.Br.CC(N)CC1SC(N2CCOCC2)=NN=C1c1ccc(Br)cc1. The third-order valence-corrected chi connectivity index (χ3v) is 5.58. The van der Waals surface area contributed by atoms with E-state index in [9.17, 15) is 0 Å². The third kappa shape index (κ3) is 6.32. The molecule has 0 bridgehead atoms. The van der Waals surface area contributed by atoms with Crippen LogP contribution in [0.4, 0.5) is 0 Å². The van der Waals surface area contributed by atoms with Gasteiger partial charge in [0.2, 0.25) is 0 Å². The van der Waals surface area contributed by atoms with Crippen molar-refractivity contribution in [3.63, 3.8) is 0 Å². The standard InChI is InChI=1S/C16H21BrN4OS.2BrH/c1-11(18)10-14-15(12-2-4-13(17)5-3-12)19-20-16(23-14)21-6-8-22-9-7-21;;/h2-5,11,14H,6-10,18H2,1H3;2*1H. The molecule has 2 atom stereocenters. The van der Waals surface area contributed by atoms with Gasteiger partial charge in [0, 0.05) is 23.6 Å². The average Bonchev–Trinajstić information content (AvgIpc) is 2.56. The van der Waals surface area contributed by atoms with Crippen LogP contribution < -0.4 is 5.73 Å². The Kier molecular flexibility index (Phi) is 10.2. The summed E-state index contributed by atoms with van der Waals surface area (Å²) in [5.74, 6) is 0. The molecular formula is C16H23Br3N4OS. The van der Waals surface area contributed by atoms with Gasteiger partial charge in [0.25, 0.3) is 0 Å². The second kappa shape index (κ2) is 11.0. The lowest BCUT2D eigenvalue weighted by Gasteiger charge is -2.32. The summed E-state index contributed by atoms with van der Waals surface area (Å²) in [7, 11) is 0. The van der Waals surface area contributed by atoms with Crippen LogP contribution in [0.15, 0.2) is 38.9 Å². The highest BCUT2D eigenvalue weighted by molar-refractivity contribution is 9.10. The van der Waals surface area contributed by atoms with Gasteiger partial charge in [0.1, 0.15) is 0 Å². The van der Waals surface area contributed by atoms with Gasteiger partial charge in [-0.2, -0.15) is 5.10 Å². The lowest BCUT2D eigenvalue weighted by molar-refractivity contribution is 0.0692. The first-order valence-electron chi connectivity index (χ1n) is 7.80. The maximum atomic E-state index is 6.06. The van der Waals surface area contributed by atoms with Crippen LogP contribution >= 0.6 is 61.7 Å². The van der Waals surface area contributed by atoms with Gasteiger partial charge in [-0.05, 0) is 31.0 Å². The minimum absolute atomic E-state index is 0. The molecule has 1 saturated heterocycles. The van der Waals surface area contributed by atoms with Crippen LogP contribution in [0.2, 0.25) is 0 Å². The Morgan fingerprint density at radius 1 is 1.24 bits per heavy atom. The molecule has 0 amide bonds. The van der Waals surface area contributed by atoms with Crippen LogP contribution in [0.3, 0.4) is 0 Å². The van der Waals surface area contributed by atoms with E-state index in [1.807, 2.05) is 19.1 Å². The van der Waals surface area contributed by atoms with Gasteiger partial charge in [-0.1, -0.05) is 39.8 Å². The van der Waals surface area contributed by atoms with Crippen molar-refractivity contribution >= 4 is 72.5 Å². The summed E-state index contributed by atoms with van der Waals surface area (Å²) in [6.45, 7) is 5.29. The molecule has 0 radical (unpaired) electrons. The fraction of sp³-hybridized carbons (Fsp3) is 0.500. The van der Waals surface area contributed by atoms with E-state index in [4.69, 9.17) is 10.5 Å². The van der Waals surface area contributed by atoms with Crippen molar-refractivity contribution < 1.29 is 4.74 Å². The number of morpholine rings is 1. The highest BCUT2D eigenvalue weighted by Crippen LogP contribution is 2.29. The number of nitrogens with zero attached hydrogens (tertiary/aromatic N) is 3. The van der Waals surface area contributed by atoms with Crippen molar-refractivity contribution in [2.24, 2.45) is 15.9 Å². The van der Waals surface area contributed by atoms with Gasteiger partial charge in [0.05, 0.1) is 24.2 Å². The molecule has 1 fully saturated rings. The van der Waals surface area contributed by atoms with Crippen molar-refractivity contribution in [2.45, 2.75) is 24.6 Å². The zero-order valence-electron chi connectivity index (χ0n) is 13.9. The number of ether oxygens (including phenoxy) is 1. The minimum atomic E-state index is 0. The normalized spacial score (nSPS) is 21.4. The van der Waals surface area contributed by atoms with Crippen molar-refractivity contribution in [2.75, 3.05) is 26.3 Å². The van der Waals surface area contributed by atoms with Crippen LogP contribution in [0.1, 0.15) is 18.9 Å². The van der Waals surface area contributed by atoms with E-state index in [1.165, 1.54) is 0 Å². The van der Waals surface area contributed by atoms with E-state index in [1.54, 1.807) is 11.8 Å². The molecule has 1 aromatic carbocycles. The lowest BCUT2D eigenvalue weighted by atomic mass is 10.0. The molecule has 3 rings (SSSR count). The molecule has 25 heavy (non-hydrogen) atoms. The van der Waals surface area contributed by atoms with Crippen LogP contribution in [-0.2, 0) is 4.74 Å².